The lowest BCUT2D eigenvalue weighted by molar-refractivity contribution is -0.591. The third-order valence-corrected chi connectivity index (χ3v) is 6.43. The molecule has 72 valence electrons. The number of halogens is 3. The summed E-state index contributed by atoms with van der Waals surface area (Å²) >= 11 is 13.5. The number of rotatable bonds is 2. The summed E-state index contributed by atoms with van der Waals surface area (Å²) in [6, 6.07) is 10.1. The fourth-order valence-corrected chi connectivity index (χ4v) is 5.17. The van der Waals surface area contributed by atoms with Crippen molar-refractivity contribution in [1.29, 1.82) is 0 Å². The van der Waals surface area contributed by atoms with Crippen molar-refractivity contribution < 1.29 is 21.2 Å². The van der Waals surface area contributed by atoms with Crippen molar-refractivity contribution in [3.05, 3.63) is 52.2 Å². The maximum atomic E-state index is 5.94. The van der Waals surface area contributed by atoms with E-state index in [-0.39, 0.29) is 21.2 Å². The van der Waals surface area contributed by atoms with Gasteiger partial charge in [-0.1, -0.05) is 34.5 Å². The van der Waals surface area contributed by atoms with Gasteiger partial charge in [0.25, 0.3) is 0 Å². The van der Waals surface area contributed by atoms with Crippen LogP contribution in [0.5, 0.6) is 0 Å². The van der Waals surface area contributed by atoms with Gasteiger partial charge in [-0.3, -0.25) is 0 Å². The molecule has 0 bridgehead atoms. The maximum Gasteiger partial charge on any atom is 0.369 e. The summed E-state index contributed by atoms with van der Waals surface area (Å²) in [4.78, 5) is 0. The topological polar surface area (TPSA) is 0 Å². The molecule has 1 aromatic heterocycles. The summed E-state index contributed by atoms with van der Waals surface area (Å²) in [5, 5.41) is 3.39. The molecule has 0 aliphatic heterocycles. The second-order valence-electron chi connectivity index (χ2n) is 2.57. The Labute approximate surface area is 107 Å². The first-order chi connectivity index (χ1) is 6.75. The van der Waals surface area contributed by atoms with E-state index >= 15 is 0 Å². The molecule has 0 saturated carbocycles. The molecule has 1 aromatic carbocycles. The van der Waals surface area contributed by atoms with Crippen LogP contribution in [-0.4, -0.2) is 0 Å². The number of hydrogen-bond acceptors (Lipinski definition) is 1. The summed E-state index contributed by atoms with van der Waals surface area (Å²) in [5.74, 6) is 0. The first kappa shape index (κ1) is 10.7. The van der Waals surface area contributed by atoms with Gasteiger partial charge in [-0.25, -0.2) is 0 Å². The van der Waals surface area contributed by atoms with Crippen LogP contribution in [0.1, 0.15) is 0 Å². The van der Waals surface area contributed by atoms with Crippen LogP contribution in [0, 0.1) is 6.45 Å². The van der Waals surface area contributed by atoms with Crippen LogP contribution in [0.2, 0.25) is 10.0 Å². The normalized spacial score (nSPS) is 10.4. The van der Waals surface area contributed by atoms with Gasteiger partial charge in [0.2, 0.25) is 2.88 Å². The molecule has 0 unspecified atom stereocenters. The minimum Gasteiger partial charge on any atom is -0.0963 e. The Balaban J connectivity index is 2.22. The van der Waals surface area contributed by atoms with Gasteiger partial charge in [-0.2, -0.15) is 0 Å². The van der Waals surface area contributed by atoms with E-state index in [2.05, 4.69) is 23.6 Å². The monoisotopic (exact) mass is 355 g/mol. The lowest BCUT2D eigenvalue weighted by Gasteiger charge is -1.91. The van der Waals surface area contributed by atoms with Crippen LogP contribution < -0.4 is 21.2 Å². The van der Waals surface area contributed by atoms with E-state index in [4.69, 9.17) is 23.2 Å². The largest absolute Gasteiger partial charge is 0.369 e. The summed E-state index contributed by atoms with van der Waals surface area (Å²) < 4.78 is 2.75. The molecule has 0 nitrogen and oxygen atoms in total. The summed E-state index contributed by atoms with van der Waals surface area (Å²) in [6.07, 6.45) is 0. The van der Waals surface area contributed by atoms with Gasteiger partial charge in [0.1, 0.15) is 0 Å². The molecule has 2 rings (SSSR count). The first-order valence-corrected chi connectivity index (χ1v) is 7.68. The van der Waals surface area contributed by atoms with Crippen molar-refractivity contribution in [3.8, 4) is 0 Å². The SMILES string of the molecule is Clc1ccc([I+]c2cccs2)cc1Cl. The van der Waals surface area contributed by atoms with Crippen molar-refractivity contribution in [3.63, 3.8) is 0 Å². The second kappa shape index (κ2) is 4.84. The fraction of sp³-hybridized carbons (Fsp3) is 0. The maximum absolute atomic E-state index is 5.94. The molecule has 0 aliphatic carbocycles. The highest BCUT2D eigenvalue weighted by Crippen LogP contribution is 2.19. The zero-order valence-electron chi connectivity index (χ0n) is 7.01. The Morgan fingerprint density at radius 1 is 1.07 bits per heavy atom. The summed E-state index contributed by atoms with van der Waals surface area (Å²) in [7, 11) is 0. The molecule has 2 aromatic rings. The summed E-state index contributed by atoms with van der Waals surface area (Å²) in [6.45, 7) is 0. The van der Waals surface area contributed by atoms with Crippen LogP contribution >= 0.6 is 34.5 Å². The minimum atomic E-state index is -0.0878. The molecule has 0 spiro atoms. The smallest absolute Gasteiger partial charge is 0.0963 e. The Bertz CT molecular complexity index is 426. The number of thiophene rings is 1. The molecule has 14 heavy (non-hydrogen) atoms. The van der Waals surface area contributed by atoms with E-state index in [1.165, 1.54) is 6.45 Å². The predicted octanol–water partition coefficient (Wildman–Crippen LogP) is 1.18. The Hall–Kier alpha value is 0.230. The zero-order valence-corrected chi connectivity index (χ0v) is 11.5. The zero-order chi connectivity index (χ0) is 9.97. The van der Waals surface area contributed by atoms with Crippen molar-refractivity contribution in [2.45, 2.75) is 0 Å². The third-order valence-electron chi connectivity index (χ3n) is 1.57. The van der Waals surface area contributed by atoms with Crippen molar-refractivity contribution in [2.24, 2.45) is 0 Å². The van der Waals surface area contributed by atoms with E-state index in [1.807, 2.05) is 12.1 Å². The van der Waals surface area contributed by atoms with Gasteiger partial charge in [-0.05, 0) is 23.6 Å². The molecule has 4 heteroatoms. The Morgan fingerprint density at radius 2 is 1.93 bits per heavy atom. The lowest BCUT2D eigenvalue weighted by atomic mass is 10.4. The number of hydrogen-bond donors (Lipinski definition) is 0. The van der Waals surface area contributed by atoms with Crippen LogP contribution in [0.4, 0.5) is 0 Å². The highest BCUT2D eigenvalue weighted by Gasteiger charge is 2.17. The molecular formula is C10H6Cl2IS+. The van der Waals surface area contributed by atoms with E-state index in [9.17, 15) is 0 Å². The van der Waals surface area contributed by atoms with Crippen LogP contribution in [0.15, 0.2) is 35.7 Å². The molecule has 0 atom stereocenters. The van der Waals surface area contributed by atoms with E-state index < -0.39 is 0 Å². The van der Waals surface area contributed by atoms with Crippen LogP contribution in [0.3, 0.4) is 0 Å². The predicted molar refractivity (Wildman–Crippen MR) is 58.2 cm³/mol. The Morgan fingerprint density at radius 3 is 2.57 bits per heavy atom. The van der Waals surface area contributed by atoms with Crippen molar-refractivity contribution in [1.82, 2.24) is 0 Å². The fourth-order valence-electron chi connectivity index (χ4n) is 0.949. The standard InChI is InChI=1S/C10H6Cl2IS/c11-8-4-3-7(6-9(8)12)13-10-2-1-5-14-10/h1-6H/q+1. The van der Waals surface area contributed by atoms with Gasteiger partial charge < -0.3 is 0 Å². The van der Waals surface area contributed by atoms with Crippen molar-refractivity contribution >= 4 is 34.5 Å². The molecule has 0 saturated heterocycles. The molecular weight excluding hydrogens is 350 g/mol. The van der Waals surface area contributed by atoms with Crippen LogP contribution in [-0.2, 0) is 0 Å². The molecule has 0 aliphatic rings. The van der Waals surface area contributed by atoms with Gasteiger partial charge in [0, 0.05) is 12.1 Å². The van der Waals surface area contributed by atoms with Gasteiger partial charge in [0.15, 0.2) is 3.57 Å². The van der Waals surface area contributed by atoms with Crippen LogP contribution in [0.25, 0.3) is 0 Å². The Kier molecular flexibility index (Phi) is 3.71. The quantitative estimate of drug-likeness (QED) is 0.560. The number of benzene rings is 1. The lowest BCUT2D eigenvalue weighted by Crippen LogP contribution is -3.61. The van der Waals surface area contributed by atoms with Crippen molar-refractivity contribution in [2.75, 3.05) is 0 Å². The third kappa shape index (κ3) is 2.63. The average Bonchev–Trinajstić information content (AvgIpc) is 2.64. The molecule has 0 amide bonds. The minimum absolute atomic E-state index is 0.0878. The van der Waals surface area contributed by atoms with E-state index in [1.54, 1.807) is 11.3 Å². The molecule has 0 fully saturated rings. The second-order valence-corrected chi connectivity index (χ2v) is 8.01. The summed E-state index contributed by atoms with van der Waals surface area (Å²) in [5.41, 5.74) is 0. The highest BCUT2D eigenvalue weighted by molar-refractivity contribution is 7.07. The highest BCUT2D eigenvalue weighted by atomic mass is 127. The van der Waals surface area contributed by atoms with Gasteiger partial charge in [-0.15, -0.1) is 0 Å². The van der Waals surface area contributed by atoms with E-state index in [0.717, 1.165) is 0 Å². The average molecular weight is 356 g/mol. The molecule has 0 radical (unpaired) electrons. The van der Waals surface area contributed by atoms with Gasteiger partial charge >= 0.3 is 21.2 Å². The molecule has 1 heterocycles. The van der Waals surface area contributed by atoms with E-state index in [0.29, 0.717) is 10.0 Å². The molecule has 0 N–H and O–H groups in total. The van der Waals surface area contributed by atoms with Gasteiger partial charge in [0.05, 0.1) is 10.0 Å². The first-order valence-electron chi connectivity index (χ1n) is 3.89.